The highest BCUT2D eigenvalue weighted by Crippen LogP contribution is 2.16. The third-order valence-corrected chi connectivity index (χ3v) is 4.09. The number of halogens is 2. The van der Waals surface area contributed by atoms with Crippen LogP contribution < -0.4 is 16.0 Å². The number of urea groups is 1. The van der Waals surface area contributed by atoms with Crippen LogP contribution in [0, 0.1) is 11.6 Å². The van der Waals surface area contributed by atoms with E-state index in [0.29, 0.717) is 17.1 Å². The highest BCUT2D eigenvalue weighted by Gasteiger charge is 2.08. The molecule has 0 heterocycles. The van der Waals surface area contributed by atoms with Crippen molar-refractivity contribution < 1.29 is 18.4 Å². The van der Waals surface area contributed by atoms with Gasteiger partial charge >= 0.3 is 6.03 Å². The molecule has 3 N–H and O–H groups in total. The molecule has 0 unspecified atom stereocenters. The number of carbonyl (C=O) groups is 2. The van der Waals surface area contributed by atoms with Crippen molar-refractivity contribution in [2.45, 2.75) is 12.8 Å². The number of nitrogens with one attached hydrogen (secondary N) is 3. The van der Waals surface area contributed by atoms with E-state index in [9.17, 15) is 18.4 Å². The normalized spacial score (nSPS) is 10.3. The molecule has 5 nitrogen and oxygen atoms in total. The smallest absolute Gasteiger partial charge is 0.323 e. The summed E-state index contributed by atoms with van der Waals surface area (Å²) < 4.78 is 26.8. The van der Waals surface area contributed by atoms with Crippen LogP contribution in [0.5, 0.6) is 0 Å². The molecule has 0 spiro atoms. The van der Waals surface area contributed by atoms with Crippen LogP contribution in [0.25, 0.3) is 0 Å². The molecule has 3 aromatic carbocycles. The molecule has 0 saturated carbocycles. The Morgan fingerprint density at radius 1 is 0.724 bits per heavy atom. The largest absolute Gasteiger partial charge is 0.326 e. The fraction of sp³-hybridized carbons (Fsp3) is 0.0909. The molecule has 29 heavy (non-hydrogen) atoms. The lowest BCUT2D eigenvalue weighted by atomic mass is 10.1. The fourth-order valence-corrected chi connectivity index (χ4v) is 2.66. The molecular weight excluding hydrogens is 376 g/mol. The van der Waals surface area contributed by atoms with Gasteiger partial charge in [0.05, 0.1) is 0 Å². The van der Waals surface area contributed by atoms with Gasteiger partial charge < -0.3 is 16.0 Å². The highest BCUT2D eigenvalue weighted by atomic mass is 19.1. The highest BCUT2D eigenvalue weighted by molar-refractivity contribution is 6.00. The molecule has 0 atom stereocenters. The van der Waals surface area contributed by atoms with Gasteiger partial charge in [0.15, 0.2) is 0 Å². The van der Waals surface area contributed by atoms with Crippen LogP contribution in [0.1, 0.15) is 12.0 Å². The standard InChI is InChI=1S/C22H19F2N3O2/c23-16-7-12-20(24)15(14-16)6-13-21(28)25-18-8-10-19(11-9-18)27-22(29)26-17-4-2-1-3-5-17/h1-5,7-12,14H,6,13H2,(H,25,28)(H2,26,27,29). The summed E-state index contributed by atoms with van der Waals surface area (Å²) in [6, 6.07) is 18.4. The number of amides is 3. The lowest BCUT2D eigenvalue weighted by Crippen LogP contribution is -2.19. The van der Waals surface area contributed by atoms with Gasteiger partial charge in [0.2, 0.25) is 5.91 Å². The van der Waals surface area contributed by atoms with Crippen LogP contribution in [0.3, 0.4) is 0 Å². The molecule has 3 amide bonds. The molecule has 3 rings (SSSR count). The monoisotopic (exact) mass is 395 g/mol. The fourth-order valence-electron chi connectivity index (χ4n) is 2.66. The minimum absolute atomic E-state index is 0.0137. The summed E-state index contributed by atoms with van der Waals surface area (Å²) in [5.74, 6) is -1.40. The van der Waals surface area contributed by atoms with Gasteiger partial charge in [0.1, 0.15) is 11.6 Å². The Hall–Kier alpha value is -3.74. The van der Waals surface area contributed by atoms with E-state index in [4.69, 9.17) is 0 Å². The average Bonchev–Trinajstić information content (AvgIpc) is 2.71. The van der Waals surface area contributed by atoms with Crippen LogP contribution in [-0.4, -0.2) is 11.9 Å². The van der Waals surface area contributed by atoms with Crippen molar-refractivity contribution in [1.82, 2.24) is 0 Å². The molecule has 3 aromatic rings. The van der Waals surface area contributed by atoms with Gasteiger partial charge in [0, 0.05) is 23.5 Å². The molecule has 0 aliphatic carbocycles. The third kappa shape index (κ3) is 6.14. The number of anilines is 3. The molecule has 0 saturated heterocycles. The Morgan fingerprint density at radius 2 is 1.31 bits per heavy atom. The molecule has 0 aliphatic heterocycles. The van der Waals surface area contributed by atoms with Crippen molar-refractivity contribution in [2.24, 2.45) is 0 Å². The Bertz CT molecular complexity index is 993. The summed E-state index contributed by atoms with van der Waals surface area (Å²) in [7, 11) is 0. The second-order valence-electron chi connectivity index (χ2n) is 6.31. The molecule has 7 heteroatoms. The van der Waals surface area contributed by atoms with Crippen molar-refractivity contribution in [3.05, 3.63) is 90.0 Å². The van der Waals surface area contributed by atoms with E-state index in [1.807, 2.05) is 18.2 Å². The number of para-hydroxylation sites is 1. The van der Waals surface area contributed by atoms with E-state index in [2.05, 4.69) is 16.0 Å². The first-order valence-corrected chi connectivity index (χ1v) is 8.96. The van der Waals surface area contributed by atoms with Crippen molar-refractivity contribution >= 4 is 29.0 Å². The predicted octanol–water partition coefficient (Wildman–Crippen LogP) is 5.18. The minimum Gasteiger partial charge on any atom is -0.326 e. The predicted molar refractivity (Wildman–Crippen MR) is 109 cm³/mol. The van der Waals surface area contributed by atoms with Crippen LogP contribution in [0.4, 0.5) is 30.6 Å². The van der Waals surface area contributed by atoms with Gasteiger partial charge in [-0.1, -0.05) is 18.2 Å². The number of rotatable bonds is 6. The van der Waals surface area contributed by atoms with E-state index in [-0.39, 0.29) is 30.3 Å². The van der Waals surface area contributed by atoms with Crippen molar-refractivity contribution in [2.75, 3.05) is 16.0 Å². The third-order valence-electron chi connectivity index (χ3n) is 4.09. The number of carbonyl (C=O) groups excluding carboxylic acids is 2. The number of aryl methyl sites for hydroxylation is 1. The topological polar surface area (TPSA) is 70.2 Å². The first-order valence-electron chi connectivity index (χ1n) is 8.96. The minimum atomic E-state index is -0.541. The maximum Gasteiger partial charge on any atom is 0.323 e. The van der Waals surface area contributed by atoms with Gasteiger partial charge in [-0.25, -0.2) is 13.6 Å². The zero-order valence-electron chi connectivity index (χ0n) is 15.4. The SMILES string of the molecule is O=C(CCc1cc(F)ccc1F)Nc1ccc(NC(=O)Nc2ccccc2)cc1. The second-order valence-corrected chi connectivity index (χ2v) is 6.31. The van der Waals surface area contributed by atoms with E-state index >= 15 is 0 Å². The Labute approximate surface area is 166 Å². The van der Waals surface area contributed by atoms with Gasteiger partial charge in [-0.2, -0.15) is 0 Å². The van der Waals surface area contributed by atoms with Gasteiger partial charge in [-0.3, -0.25) is 4.79 Å². The summed E-state index contributed by atoms with van der Waals surface area (Å²) in [6.07, 6.45) is 0.106. The summed E-state index contributed by atoms with van der Waals surface area (Å²) >= 11 is 0. The summed E-state index contributed by atoms with van der Waals surface area (Å²) in [5.41, 5.74) is 1.91. The maximum absolute atomic E-state index is 13.6. The summed E-state index contributed by atoms with van der Waals surface area (Å²) in [5, 5.41) is 8.07. The first kappa shape index (κ1) is 20.0. The maximum atomic E-state index is 13.6. The number of benzene rings is 3. The molecule has 0 aromatic heterocycles. The van der Waals surface area contributed by atoms with E-state index in [1.165, 1.54) is 0 Å². The Balaban J connectivity index is 1.49. The molecule has 0 fully saturated rings. The number of hydrogen-bond donors (Lipinski definition) is 3. The molecule has 0 radical (unpaired) electrons. The van der Waals surface area contributed by atoms with Crippen molar-refractivity contribution in [1.29, 1.82) is 0 Å². The van der Waals surface area contributed by atoms with E-state index in [1.54, 1.807) is 36.4 Å². The Morgan fingerprint density at radius 3 is 1.97 bits per heavy atom. The average molecular weight is 395 g/mol. The van der Waals surface area contributed by atoms with Crippen molar-refractivity contribution in [3.63, 3.8) is 0 Å². The second kappa shape index (κ2) is 9.45. The lowest BCUT2D eigenvalue weighted by Gasteiger charge is -2.09. The van der Waals surface area contributed by atoms with Crippen LogP contribution in [0.2, 0.25) is 0 Å². The van der Waals surface area contributed by atoms with Crippen LogP contribution in [0.15, 0.2) is 72.8 Å². The number of hydrogen-bond acceptors (Lipinski definition) is 2. The van der Waals surface area contributed by atoms with Gasteiger partial charge in [0.25, 0.3) is 0 Å². The van der Waals surface area contributed by atoms with Gasteiger partial charge in [-0.15, -0.1) is 0 Å². The van der Waals surface area contributed by atoms with Crippen LogP contribution in [-0.2, 0) is 11.2 Å². The zero-order chi connectivity index (χ0) is 20.6. The Kier molecular flexibility index (Phi) is 6.52. The quantitative estimate of drug-likeness (QED) is 0.538. The van der Waals surface area contributed by atoms with Crippen molar-refractivity contribution in [3.8, 4) is 0 Å². The molecule has 148 valence electrons. The molecular formula is C22H19F2N3O2. The summed E-state index contributed by atoms with van der Waals surface area (Å²) in [4.78, 5) is 24.0. The van der Waals surface area contributed by atoms with Crippen LogP contribution >= 0.6 is 0 Å². The van der Waals surface area contributed by atoms with E-state index in [0.717, 1.165) is 18.2 Å². The van der Waals surface area contributed by atoms with Gasteiger partial charge in [-0.05, 0) is 66.6 Å². The molecule has 0 aliphatic rings. The van der Waals surface area contributed by atoms with E-state index < -0.39 is 11.6 Å². The summed E-state index contributed by atoms with van der Waals surface area (Å²) in [6.45, 7) is 0. The zero-order valence-corrected chi connectivity index (χ0v) is 15.4. The molecule has 0 bridgehead atoms. The lowest BCUT2D eigenvalue weighted by molar-refractivity contribution is -0.116. The first-order chi connectivity index (χ1) is 14.0.